The molecule has 2 aliphatic rings. The van der Waals surface area contributed by atoms with E-state index in [1.807, 2.05) is 24.3 Å². The summed E-state index contributed by atoms with van der Waals surface area (Å²) in [7, 11) is 1.60. The summed E-state index contributed by atoms with van der Waals surface area (Å²) in [5, 5.41) is 9.23. The summed E-state index contributed by atoms with van der Waals surface area (Å²) >= 11 is 0. The minimum Gasteiger partial charge on any atom is -0.497 e. The van der Waals surface area contributed by atoms with Gasteiger partial charge in [-0.25, -0.2) is 9.37 Å². The van der Waals surface area contributed by atoms with Gasteiger partial charge in [-0.15, -0.1) is 0 Å². The molecule has 166 valence electrons. The molecule has 2 aromatic rings. The van der Waals surface area contributed by atoms with Gasteiger partial charge in [0.25, 0.3) is 0 Å². The Morgan fingerprint density at radius 1 is 1.16 bits per heavy atom. The Bertz CT molecular complexity index is 906. The molecule has 1 N–H and O–H groups in total. The second-order valence-corrected chi connectivity index (χ2v) is 8.86. The van der Waals surface area contributed by atoms with Crippen molar-refractivity contribution >= 4 is 5.97 Å². The number of carboxylic acids is 1. The van der Waals surface area contributed by atoms with E-state index >= 15 is 0 Å². The molecule has 1 atom stereocenters. The Balaban J connectivity index is 1.31. The van der Waals surface area contributed by atoms with Gasteiger partial charge in [-0.2, -0.15) is 0 Å². The number of carboxylic acid groups (broad SMARTS) is 1. The Kier molecular flexibility index (Phi) is 6.73. The monoisotopic (exact) mass is 427 g/mol. The van der Waals surface area contributed by atoms with Crippen molar-refractivity contribution in [3.05, 3.63) is 53.5 Å². The summed E-state index contributed by atoms with van der Waals surface area (Å²) in [5.41, 5.74) is 1.57. The van der Waals surface area contributed by atoms with Crippen molar-refractivity contribution in [1.82, 2.24) is 4.98 Å². The average molecular weight is 428 g/mol. The van der Waals surface area contributed by atoms with E-state index in [2.05, 4.69) is 4.98 Å². The lowest BCUT2D eigenvalue weighted by atomic mass is 9.79. The van der Waals surface area contributed by atoms with Crippen molar-refractivity contribution in [2.75, 3.05) is 13.7 Å². The van der Waals surface area contributed by atoms with Crippen LogP contribution in [0, 0.1) is 17.7 Å². The first kappa shape index (κ1) is 21.6. The van der Waals surface area contributed by atoms with Gasteiger partial charge in [0.2, 0.25) is 5.88 Å². The third kappa shape index (κ3) is 5.54. The highest BCUT2D eigenvalue weighted by molar-refractivity contribution is 5.68. The molecule has 1 heterocycles. The topological polar surface area (TPSA) is 68.7 Å². The fourth-order valence-corrected chi connectivity index (χ4v) is 4.72. The van der Waals surface area contributed by atoms with Crippen molar-refractivity contribution in [3.8, 4) is 11.6 Å². The Hall–Kier alpha value is -2.63. The minimum absolute atomic E-state index is 0.0331. The SMILES string of the molecule is COc1ccc(F)c([C@H]2CC[C@@H](COc3cccc(C(CC(=O)O)C4CC4)n3)CC2)c1. The van der Waals surface area contributed by atoms with Crippen molar-refractivity contribution in [3.63, 3.8) is 0 Å². The lowest BCUT2D eigenvalue weighted by Crippen LogP contribution is -2.20. The van der Waals surface area contributed by atoms with Gasteiger partial charge in [0, 0.05) is 17.7 Å². The van der Waals surface area contributed by atoms with Gasteiger partial charge in [-0.1, -0.05) is 6.07 Å². The lowest BCUT2D eigenvalue weighted by molar-refractivity contribution is -0.137. The highest BCUT2D eigenvalue weighted by atomic mass is 19.1. The maximum absolute atomic E-state index is 14.3. The van der Waals surface area contributed by atoms with Crippen LogP contribution in [0.15, 0.2) is 36.4 Å². The van der Waals surface area contributed by atoms with E-state index in [9.17, 15) is 14.3 Å². The molecule has 2 saturated carbocycles. The smallest absolute Gasteiger partial charge is 0.304 e. The van der Waals surface area contributed by atoms with Gasteiger partial charge in [-0.05, 0) is 86.1 Å². The normalized spacial score (nSPS) is 22.0. The molecule has 6 heteroatoms. The van der Waals surface area contributed by atoms with E-state index in [0.717, 1.165) is 49.8 Å². The zero-order chi connectivity index (χ0) is 21.8. The van der Waals surface area contributed by atoms with Gasteiger partial charge >= 0.3 is 5.97 Å². The Morgan fingerprint density at radius 3 is 2.61 bits per heavy atom. The highest BCUT2D eigenvalue weighted by Crippen LogP contribution is 2.44. The molecule has 1 aromatic carbocycles. The van der Waals surface area contributed by atoms with Gasteiger partial charge < -0.3 is 14.6 Å². The molecule has 2 fully saturated rings. The maximum atomic E-state index is 14.3. The fraction of sp³-hybridized carbons (Fsp3) is 0.520. The molecule has 31 heavy (non-hydrogen) atoms. The van der Waals surface area contributed by atoms with Crippen LogP contribution in [0.2, 0.25) is 0 Å². The van der Waals surface area contributed by atoms with Crippen LogP contribution >= 0.6 is 0 Å². The molecule has 0 saturated heterocycles. The Labute approximate surface area is 182 Å². The molecule has 0 spiro atoms. The van der Waals surface area contributed by atoms with E-state index in [1.165, 1.54) is 6.07 Å². The van der Waals surface area contributed by atoms with Gasteiger partial charge in [0.1, 0.15) is 11.6 Å². The maximum Gasteiger partial charge on any atom is 0.304 e. The Morgan fingerprint density at radius 2 is 1.94 bits per heavy atom. The molecule has 1 unspecified atom stereocenters. The quantitative estimate of drug-likeness (QED) is 0.568. The molecule has 0 radical (unpaired) electrons. The first-order chi connectivity index (χ1) is 15.0. The summed E-state index contributed by atoms with van der Waals surface area (Å²) in [6, 6.07) is 10.6. The molecule has 0 amide bonds. The van der Waals surface area contributed by atoms with E-state index in [0.29, 0.717) is 30.1 Å². The number of pyridine rings is 1. The van der Waals surface area contributed by atoms with Gasteiger partial charge in [-0.3, -0.25) is 4.79 Å². The van der Waals surface area contributed by atoms with E-state index in [1.54, 1.807) is 13.2 Å². The van der Waals surface area contributed by atoms with Crippen LogP contribution in [-0.4, -0.2) is 29.8 Å². The number of carbonyl (C=O) groups is 1. The number of rotatable bonds is 9. The number of ether oxygens (including phenoxy) is 2. The zero-order valence-corrected chi connectivity index (χ0v) is 17.9. The van der Waals surface area contributed by atoms with E-state index < -0.39 is 5.97 Å². The second-order valence-electron chi connectivity index (χ2n) is 8.86. The highest BCUT2D eigenvalue weighted by Gasteiger charge is 2.35. The molecular formula is C25H30FNO4. The van der Waals surface area contributed by atoms with Gasteiger partial charge in [0.05, 0.1) is 20.1 Å². The van der Waals surface area contributed by atoms with Crippen molar-refractivity contribution in [2.24, 2.45) is 11.8 Å². The second kappa shape index (κ2) is 9.67. The van der Waals surface area contributed by atoms with Crippen LogP contribution in [-0.2, 0) is 4.79 Å². The van der Waals surface area contributed by atoms with Crippen LogP contribution in [0.1, 0.15) is 68.0 Å². The van der Waals surface area contributed by atoms with Crippen LogP contribution < -0.4 is 9.47 Å². The lowest BCUT2D eigenvalue weighted by Gasteiger charge is -2.29. The summed E-state index contributed by atoms with van der Waals surface area (Å²) in [4.78, 5) is 15.8. The van der Waals surface area contributed by atoms with Crippen molar-refractivity contribution in [2.45, 2.75) is 56.8 Å². The van der Waals surface area contributed by atoms with Crippen LogP contribution in [0.4, 0.5) is 4.39 Å². The largest absolute Gasteiger partial charge is 0.497 e. The minimum atomic E-state index is -0.783. The molecule has 4 rings (SSSR count). The predicted octanol–water partition coefficient (Wildman–Crippen LogP) is 5.55. The number of halogens is 1. The molecule has 2 aliphatic carbocycles. The number of aromatic nitrogens is 1. The fourth-order valence-electron chi connectivity index (χ4n) is 4.72. The van der Waals surface area contributed by atoms with Crippen LogP contribution in [0.3, 0.4) is 0 Å². The molecular weight excluding hydrogens is 397 g/mol. The first-order valence-corrected chi connectivity index (χ1v) is 11.2. The third-order valence-corrected chi connectivity index (χ3v) is 6.67. The zero-order valence-electron chi connectivity index (χ0n) is 17.9. The molecule has 0 bridgehead atoms. The number of aliphatic carboxylic acids is 1. The van der Waals surface area contributed by atoms with Crippen molar-refractivity contribution in [1.29, 1.82) is 0 Å². The van der Waals surface area contributed by atoms with Gasteiger partial charge in [0.15, 0.2) is 0 Å². The van der Waals surface area contributed by atoms with Crippen LogP contribution in [0.5, 0.6) is 11.6 Å². The summed E-state index contributed by atoms with van der Waals surface area (Å²) in [6.07, 6.45) is 6.06. The van der Waals surface area contributed by atoms with Crippen molar-refractivity contribution < 1.29 is 23.8 Å². The van der Waals surface area contributed by atoms with E-state index in [-0.39, 0.29) is 24.1 Å². The molecule has 1 aromatic heterocycles. The predicted molar refractivity (Wildman–Crippen MR) is 115 cm³/mol. The third-order valence-electron chi connectivity index (χ3n) is 6.67. The van der Waals surface area contributed by atoms with Crippen LogP contribution in [0.25, 0.3) is 0 Å². The number of nitrogens with zero attached hydrogens (tertiary/aromatic N) is 1. The summed E-state index contributed by atoms with van der Waals surface area (Å²) in [6.45, 7) is 0.580. The average Bonchev–Trinajstić information content (AvgIpc) is 3.62. The number of benzene rings is 1. The number of hydrogen-bond acceptors (Lipinski definition) is 4. The summed E-state index contributed by atoms with van der Waals surface area (Å²) < 4.78 is 25.5. The van der Waals surface area contributed by atoms with E-state index in [4.69, 9.17) is 9.47 Å². The first-order valence-electron chi connectivity index (χ1n) is 11.2. The standard InChI is InChI=1S/C25H30FNO4/c1-30-19-11-12-22(26)20(13-19)17-7-5-16(6-8-17)15-31-24-4-2-3-23(27-24)21(14-25(28)29)18-9-10-18/h2-4,11-13,16-18,21H,5-10,14-15H2,1H3,(H,28,29)/t16-,17+,21?. The summed E-state index contributed by atoms with van der Waals surface area (Å²) in [5.74, 6) is 1.33. The number of methoxy groups -OCH3 is 1. The number of hydrogen-bond donors (Lipinski definition) is 1. The molecule has 5 nitrogen and oxygen atoms in total. The molecule has 0 aliphatic heterocycles.